The number of hydrogen-bond donors (Lipinski definition) is 0. The second-order valence-corrected chi connectivity index (χ2v) is 6.14. The fraction of sp³-hybridized carbons (Fsp3) is 0.929. The molecule has 0 bridgehead atoms. The van der Waals surface area contributed by atoms with Gasteiger partial charge >= 0.3 is 0 Å². The Bertz CT molecular complexity index is 265. The molecule has 0 amide bonds. The molecule has 0 aromatic carbocycles. The number of hydrogen-bond acceptors (Lipinski definition) is 3. The van der Waals surface area contributed by atoms with Gasteiger partial charge in [-0.2, -0.15) is 0 Å². The molecule has 0 radical (unpaired) electrons. The summed E-state index contributed by atoms with van der Waals surface area (Å²) in [5, 5.41) is 0. The molecule has 1 aliphatic rings. The van der Waals surface area contributed by atoms with Gasteiger partial charge in [-0.25, -0.2) is 0 Å². The summed E-state index contributed by atoms with van der Waals surface area (Å²) >= 11 is 0. The van der Waals surface area contributed by atoms with Crippen LogP contribution in [-0.2, 0) is 9.53 Å². The van der Waals surface area contributed by atoms with Crippen molar-refractivity contribution in [2.75, 3.05) is 20.2 Å². The van der Waals surface area contributed by atoms with Gasteiger partial charge in [-0.15, -0.1) is 0 Å². The fourth-order valence-electron chi connectivity index (χ4n) is 2.28. The van der Waals surface area contributed by atoms with Crippen LogP contribution in [0.5, 0.6) is 0 Å². The van der Waals surface area contributed by atoms with Crippen molar-refractivity contribution >= 4 is 5.78 Å². The standard InChI is InChI=1S/C14H27NO2/c1-13(2,17-5)9-8-12(16)14(3,4)15-10-6-7-11-15/h6-11H2,1-5H3. The van der Waals surface area contributed by atoms with E-state index in [4.69, 9.17) is 4.74 Å². The quantitative estimate of drug-likeness (QED) is 0.716. The molecule has 0 N–H and O–H groups in total. The number of ether oxygens (including phenoxy) is 1. The van der Waals surface area contributed by atoms with Crippen molar-refractivity contribution in [1.82, 2.24) is 4.90 Å². The molecule has 17 heavy (non-hydrogen) atoms. The lowest BCUT2D eigenvalue weighted by Crippen LogP contribution is -2.48. The van der Waals surface area contributed by atoms with Gasteiger partial charge in [0.2, 0.25) is 0 Å². The predicted molar refractivity (Wildman–Crippen MR) is 70.2 cm³/mol. The third-order valence-corrected chi connectivity index (χ3v) is 4.09. The molecule has 3 heteroatoms. The molecule has 0 saturated carbocycles. The molecule has 1 aliphatic heterocycles. The SMILES string of the molecule is COC(C)(C)CCC(=O)C(C)(C)N1CCCC1. The Morgan fingerprint density at radius 3 is 2.18 bits per heavy atom. The van der Waals surface area contributed by atoms with Gasteiger partial charge in [0.1, 0.15) is 0 Å². The molecular weight excluding hydrogens is 214 g/mol. The van der Waals surface area contributed by atoms with E-state index in [0.717, 1.165) is 19.5 Å². The van der Waals surface area contributed by atoms with E-state index in [9.17, 15) is 4.79 Å². The summed E-state index contributed by atoms with van der Waals surface area (Å²) < 4.78 is 5.36. The highest BCUT2D eigenvalue weighted by Gasteiger charge is 2.36. The van der Waals surface area contributed by atoms with Gasteiger partial charge in [-0.1, -0.05) is 0 Å². The zero-order valence-electron chi connectivity index (χ0n) is 12.0. The van der Waals surface area contributed by atoms with Gasteiger partial charge in [-0.3, -0.25) is 9.69 Å². The van der Waals surface area contributed by atoms with Crippen molar-refractivity contribution in [2.45, 2.75) is 64.5 Å². The highest BCUT2D eigenvalue weighted by atomic mass is 16.5. The van der Waals surface area contributed by atoms with Crippen molar-refractivity contribution in [3.63, 3.8) is 0 Å². The van der Waals surface area contributed by atoms with Crippen molar-refractivity contribution in [3.05, 3.63) is 0 Å². The molecule has 1 heterocycles. The van der Waals surface area contributed by atoms with Crippen molar-refractivity contribution < 1.29 is 9.53 Å². The van der Waals surface area contributed by atoms with Gasteiger partial charge in [0.25, 0.3) is 0 Å². The largest absolute Gasteiger partial charge is 0.379 e. The molecule has 0 aliphatic carbocycles. The first kappa shape index (κ1) is 14.7. The van der Waals surface area contributed by atoms with Crippen molar-refractivity contribution in [3.8, 4) is 0 Å². The number of ketones is 1. The summed E-state index contributed by atoms with van der Waals surface area (Å²) in [6.45, 7) is 10.3. The minimum absolute atomic E-state index is 0.198. The Balaban J connectivity index is 2.51. The Morgan fingerprint density at radius 1 is 1.18 bits per heavy atom. The zero-order chi connectivity index (χ0) is 13.1. The fourth-order valence-corrected chi connectivity index (χ4v) is 2.28. The Hall–Kier alpha value is -0.410. The van der Waals surface area contributed by atoms with E-state index in [1.807, 2.05) is 13.8 Å². The normalized spacial score (nSPS) is 18.6. The number of carbonyl (C=O) groups is 1. The van der Waals surface area contributed by atoms with E-state index in [1.165, 1.54) is 12.8 Å². The summed E-state index contributed by atoms with van der Waals surface area (Å²) in [5.74, 6) is 0.338. The van der Waals surface area contributed by atoms with Crippen LogP contribution in [0.3, 0.4) is 0 Å². The maximum atomic E-state index is 12.3. The van der Waals surface area contributed by atoms with Crippen LogP contribution in [0.4, 0.5) is 0 Å². The van der Waals surface area contributed by atoms with E-state index < -0.39 is 0 Å². The summed E-state index contributed by atoms with van der Waals surface area (Å²) in [5.41, 5.74) is -0.503. The van der Waals surface area contributed by atoms with Crippen LogP contribution in [0.25, 0.3) is 0 Å². The molecule has 3 nitrogen and oxygen atoms in total. The molecule has 1 rings (SSSR count). The number of Topliss-reactive ketones (excluding diaryl/α,β-unsaturated/α-hetero) is 1. The smallest absolute Gasteiger partial charge is 0.152 e. The lowest BCUT2D eigenvalue weighted by atomic mass is 9.90. The van der Waals surface area contributed by atoms with E-state index in [-0.39, 0.29) is 11.1 Å². The van der Waals surface area contributed by atoms with Crippen LogP contribution in [-0.4, -0.2) is 42.0 Å². The molecule has 100 valence electrons. The second kappa shape index (κ2) is 5.49. The first-order valence-electron chi connectivity index (χ1n) is 6.63. The predicted octanol–water partition coefficient (Wildman–Crippen LogP) is 2.64. The number of methoxy groups -OCH3 is 1. The summed E-state index contributed by atoms with van der Waals surface area (Å²) in [7, 11) is 1.70. The lowest BCUT2D eigenvalue weighted by Gasteiger charge is -2.34. The maximum absolute atomic E-state index is 12.3. The van der Waals surface area contributed by atoms with Gasteiger partial charge in [0.15, 0.2) is 5.78 Å². The monoisotopic (exact) mass is 241 g/mol. The first-order chi connectivity index (χ1) is 7.79. The average molecular weight is 241 g/mol. The van der Waals surface area contributed by atoms with Crippen LogP contribution < -0.4 is 0 Å². The molecular formula is C14H27NO2. The lowest BCUT2D eigenvalue weighted by molar-refractivity contribution is -0.130. The first-order valence-corrected chi connectivity index (χ1v) is 6.63. The Morgan fingerprint density at radius 2 is 1.71 bits per heavy atom. The van der Waals surface area contributed by atoms with Gasteiger partial charge < -0.3 is 4.74 Å². The van der Waals surface area contributed by atoms with Crippen LogP contribution >= 0.6 is 0 Å². The van der Waals surface area contributed by atoms with Crippen LogP contribution in [0.2, 0.25) is 0 Å². The Kier molecular flexibility index (Phi) is 4.73. The molecule has 0 unspecified atom stereocenters. The summed E-state index contributed by atoms with van der Waals surface area (Å²) in [4.78, 5) is 14.6. The molecule has 0 spiro atoms. The van der Waals surface area contributed by atoms with Crippen molar-refractivity contribution in [1.29, 1.82) is 0 Å². The number of carbonyl (C=O) groups excluding carboxylic acids is 1. The molecule has 0 aromatic rings. The molecule has 0 atom stereocenters. The van der Waals surface area contributed by atoms with E-state index in [0.29, 0.717) is 12.2 Å². The molecule has 1 saturated heterocycles. The minimum atomic E-state index is -0.305. The number of nitrogens with zero attached hydrogens (tertiary/aromatic N) is 1. The topological polar surface area (TPSA) is 29.5 Å². The maximum Gasteiger partial charge on any atom is 0.152 e. The van der Waals surface area contributed by atoms with E-state index >= 15 is 0 Å². The zero-order valence-corrected chi connectivity index (χ0v) is 12.0. The van der Waals surface area contributed by atoms with Crippen LogP contribution in [0, 0.1) is 0 Å². The Labute approximate surface area is 106 Å². The summed E-state index contributed by atoms with van der Waals surface area (Å²) in [6.07, 6.45) is 3.84. The third-order valence-electron chi connectivity index (χ3n) is 4.09. The van der Waals surface area contributed by atoms with Gasteiger partial charge in [0.05, 0.1) is 11.1 Å². The number of likely N-dealkylation sites (tertiary alicyclic amines) is 1. The van der Waals surface area contributed by atoms with Gasteiger partial charge in [-0.05, 0) is 60.0 Å². The highest BCUT2D eigenvalue weighted by molar-refractivity contribution is 5.87. The average Bonchev–Trinajstić information content (AvgIpc) is 2.79. The number of rotatable bonds is 6. The van der Waals surface area contributed by atoms with E-state index in [1.54, 1.807) is 7.11 Å². The summed E-state index contributed by atoms with van der Waals surface area (Å²) in [6, 6.07) is 0. The minimum Gasteiger partial charge on any atom is -0.379 e. The van der Waals surface area contributed by atoms with E-state index in [2.05, 4.69) is 18.7 Å². The highest BCUT2D eigenvalue weighted by Crippen LogP contribution is 2.25. The second-order valence-electron chi connectivity index (χ2n) is 6.14. The van der Waals surface area contributed by atoms with Crippen molar-refractivity contribution in [2.24, 2.45) is 0 Å². The van der Waals surface area contributed by atoms with Crippen LogP contribution in [0.1, 0.15) is 53.4 Å². The molecule has 1 fully saturated rings. The third kappa shape index (κ3) is 3.78. The molecule has 0 aromatic heterocycles. The van der Waals surface area contributed by atoms with Gasteiger partial charge in [0, 0.05) is 13.5 Å². The van der Waals surface area contributed by atoms with Crippen LogP contribution in [0.15, 0.2) is 0 Å².